The maximum atomic E-state index is 12.9. The molecular weight excluding hydrogens is 390 g/mol. The van der Waals surface area contributed by atoms with Crippen molar-refractivity contribution in [2.45, 2.75) is 38.3 Å². The lowest BCUT2D eigenvalue weighted by atomic mass is 9.81. The summed E-state index contributed by atoms with van der Waals surface area (Å²) in [6.07, 6.45) is 0.553. The van der Waals surface area contributed by atoms with Gasteiger partial charge in [-0.15, -0.1) is 0 Å². The molecule has 9 heteroatoms. The fourth-order valence-electron chi connectivity index (χ4n) is 3.54. The molecule has 0 aromatic heterocycles. The van der Waals surface area contributed by atoms with Crippen LogP contribution in [-0.2, 0) is 21.6 Å². The number of carbonyl (C=O) groups excluding carboxylic acids is 2. The Morgan fingerprint density at radius 2 is 1.90 bits per heavy atom. The molecule has 1 aliphatic rings. The summed E-state index contributed by atoms with van der Waals surface area (Å²) in [6, 6.07) is 12.6. The molecule has 9 nitrogen and oxygen atoms in total. The number of carbonyl (C=O) groups is 2. The number of ether oxygens (including phenoxy) is 1. The largest absolute Gasteiger partial charge is 0.489 e. The van der Waals surface area contributed by atoms with Crippen LogP contribution in [0.4, 0.5) is 5.69 Å². The minimum atomic E-state index is -0.763. The lowest BCUT2D eigenvalue weighted by Gasteiger charge is -2.27. The number of rotatable bonds is 7. The van der Waals surface area contributed by atoms with Crippen molar-refractivity contribution in [2.24, 2.45) is 0 Å². The van der Waals surface area contributed by atoms with Crippen LogP contribution in [-0.4, -0.2) is 39.4 Å². The molecule has 30 heavy (non-hydrogen) atoms. The molecule has 3 rings (SSSR count). The lowest BCUT2D eigenvalue weighted by molar-refractivity contribution is -0.384. The number of non-ortho nitro benzene ring substituents is 1. The third kappa shape index (κ3) is 4.11. The number of likely N-dealkylation sites (tertiary alicyclic amines) is 1. The summed E-state index contributed by atoms with van der Waals surface area (Å²) in [7, 11) is 0. The van der Waals surface area contributed by atoms with Gasteiger partial charge in [0.25, 0.3) is 11.6 Å². The molecule has 2 aromatic rings. The first-order chi connectivity index (χ1) is 14.3. The average Bonchev–Trinajstić information content (AvgIpc) is 3.07. The van der Waals surface area contributed by atoms with E-state index in [0.29, 0.717) is 18.7 Å². The highest BCUT2D eigenvalue weighted by atomic mass is 16.6. The first-order valence-corrected chi connectivity index (χ1v) is 9.48. The van der Waals surface area contributed by atoms with Crippen LogP contribution in [0.2, 0.25) is 0 Å². The maximum absolute atomic E-state index is 12.9. The lowest BCUT2D eigenvalue weighted by Crippen LogP contribution is -2.47. The average molecular weight is 413 g/mol. The Hall–Kier alpha value is -3.46. The van der Waals surface area contributed by atoms with E-state index in [1.54, 1.807) is 36.7 Å². The van der Waals surface area contributed by atoms with E-state index < -0.39 is 22.3 Å². The summed E-state index contributed by atoms with van der Waals surface area (Å²) in [6.45, 7) is 4.09. The SMILES string of the molecule is CC(C(=O)NO)N1CCC(C)(c2ccc(OCc3ccc([N+](=O)[O-])cc3)cc2)C1=O. The second-order valence-corrected chi connectivity index (χ2v) is 7.47. The Bertz CT molecular complexity index is 944. The Morgan fingerprint density at radius 3 is 2.47 bits per heavy atom. The van der Waals surface area contributed by atoms with Crippen LogP contribution in [0.15, 0.2) is 48.5 Å². The predicted octanol–water partition coefficient (Wildman–Crippen LogP) is 2.56. The summed E-state index contributed by atoms with van der Waals surface area (Å²) >= 11 is 0. The molecule has 2 N–H and O–H groups in total. The molecule has 1 saturated heterocycles. The van der Waals surface area contributed by atoms with Crippen molar-refractivity contribution < 1.29 is 24.5 Å². The number of nitro groups is 1. The van der Waals surface area contributed by atoms with Gasteiger partial charge in [0, 0.05) is 18.7 Å². The Kier molecular flexibility index (Phi) is 6.02. The van der Waals surface area contributed by atoms with Gasteiger partial charge < -0.3 is 9.64 Å². The predicted molar refractivity (Wildman–Crippen MR) is 107 cm³/mol. The number of hydrogen-bond acceptors (Lipinski definition) is 6. The number of nitrogens with zero attached hydrogens (tertiary/aromatic N) is 2. The van der Waals surface area contributed by atoms with Crippen LogP contribution in [0.25, 0.3) is 0 Å². The Balaban J connectivity index is 1.65. The number of benzene rings is 2. The first-order valence-electron chi connectivity index (χ1n) is 9.48. The van der Waals surface area contributed by atoms with Crippen molar-refractivity contribution in [2.75, 3.05) is 6.54 Å². The zero-order valence-corrected chi connectivity index (χ0v) is 16.7. The summed E-state index contributed by atoms with van der Waals surface area (Å²) in [5.41, 5.74) is 2.47. The van der Waals surface area contributed by atoms with Crippen molar-refractivity contribution in [3.8, 4) is 5.75 Å². The molecular formula is C21H23N3O6. The van der Waals surface area contributed by atoms with E-state index in [1.807, 2.05) is 19.1 Å². The van der Waals surface area contributed by atoms with Crippen LogP contribution in [0, 0.1) is 10.1 Å². The number of hydroxylamine groups is 1. The molecule has 2 unspecified atom stereocenters. The monoisotopic (exact) mass is 413 g/mol. The molecule has 0 bridgehead atoms. The molecule has 0 radical (unpaired) electrons. The Morgan fingerprint density at radius 1 is 1.27 bits per heavy atom. The zero-order chi connectivity index (χ0) is 21.9. The molecule has 158 valence electrons. The first kappa shape index (κ1) is 21.3. The smallest absolute Gasteiger partial charge is 0.269 e. The molecule has 2 amide bonds. The van der Waals surface area contributed by atoms with Crippen LogP contribution < -0.4 is 10.2 Å². The van der Waals surface area contributed by atoms with Gasteiger partial charge in [0.05, 0.1) is 10.3 Å². The summed E-state index contributed by atoms with van der Waals surface area (Å²) in [5, 5.41) is 19.5. The van der Waals surface area contributed by atoms with Crippen molar-refractivity contribution >= 4 is 17.5 Å². The van der Waals surface area contributed by atoms with E-state index in [1.165, 1.54) is 17.0 Å². The second kappa shape index (κ2) is 8.50. The van der Waals surface area contributed by atoms with Gasteiger partial charge in [-0.1, -0.05) is 12.1 Å². The van der Waals surface area contributed by atoms with Crippen LogP contribution in [0.3, 0.4) is 0 Å². The number of hydrogen-bond donors (Lipinski definition) is 2. The van der Waals surface area contributed by atoms with Gasteiger partial charge in [0.2, 0.25) is 5.91 Å². The van der Waals surface area contributed by atoms with E-state index in [0.717, 1.165) is 11.1 Å². The fraction of sp³-hybridized carbons (Fsp3) is 0.333. The highest BCUT2D eigenvalue weighted by molar-refractivity contribution is 5.94. The highest BCUT2D eigenvalue weighted by Gasteiger charge is 2.46. The normalized spacial score (nSPS) is 19.4. The van der Waals surface area contributed by atoms with Crippen molar-refractivity contribution in [3.63, 3.8) is 0 Å². The van der Waals surface area contributed by atoms with Gasteiger partial charge in [-0.2, -0.15) is 0 Å². The van der Waals surface area contributed by atoms with Gasteiger partial charge in [0.15, 0.2) is 0 Å². The summed E-state index contributed by atoms with van der Waals surface area (Å²) in [5.74, 6) is -0.184. The van der Waals surface area contributed by atoms with Gasteiger partial charge in [0.1, 0.15) is 18.4 Å². The molecule has 0 saturated carbocycles. The molecule has 0 spiro atoms. The molecule has 1 heterocycles. The Labute approximate surface area is 173 Å². The minimum Gasteiger partial charge on any atom is -0.489 e. The third-order valence-electron chi connectivity index (χ3n) is 5.59. The fourth-order valence-corrected chi connectivity index (χ4v) is 3.54. The van der Waals surface area contributed by atoms with Crippen molar-refractivity contribution in [1.82, 2.24) is 10.4 Å². The molecule has 0 aliphatic carbocycles. The van der Waals surface area contributed by atoms with Gasteiger partial charge in [-0.25, -0.2) is 5.48 Å². The molecule has 2 aromatic carbocycles. The van der Waals surface area contributed by atoms with Crippen molar-refractivity contribution in [3.05, 3.63) is 69.8 Å². The molecule has 1 aliphatic heterocycles. The minimum absolute atomic E-state index is 0.0254. The molecule has 2 atom stereocenters. The van der Waals surface area contributed by atoms with Crippen LogP contribution >= 0.6 is 0 Å². The van der Waals surface area contributed by atoms with E-state index in [4.69, 9.17) is 9.94 Å². The quantitative estimate of drug-likeness (QED) is 0.409. The van der Waals surface area contributed by atoms with E-state index in [-0.39, 0.29) is 18.2 Å². The summed E-state index contributed by atoms with van der Waals surface area (Å²) < 4.78 is 5.73. The number of amides is 2. The zero-order valence-electron chi connectivity index (χ0n) is 16.7. The van der Waals surface area contributed by atoms with Gasteiger partial charge in [-0.05, 0) is 55.7 Å². The van der Waals surface area contributed by atoms with E-state index in [2.05, 4.69) is 0 Å². The van der Waals surface area contributed by atoms with Crippen molar-refractivity contribution in [1.29, 1.82) is 0 Å². The topological polar surface area (TPSA) is 122 Å². The van der Waals surface area contributed by atoms with Gasteiger partial charge in [-0.3, -0.25) is 24.9 Å². The number of nitro benzene ring substituents is 1. The number of nitrogens with one attached hydrogen (secondary N) is 1. The van der Waals surface area contributed by atoms with Crippen LogP contribution in [0.1, 0.15) is 31.4 Å². The van der Waals surface area contributed by atoms with E-state index >= 15 is 0 Å². The standard InChI is InChI=1S/C21H23N3O6/c1-14(19(25)22-27)23-12-11-21(2,20(23)26)16-5-9-18(10-6-16)30-13-15-3-7-17(8-4-15)24(28)29/h3-10,14,27H,11-13H2,1-2H3,(H,22,25). The van der Waals surface area contributed by atoms with Gasteiger partial charge >= 0.3 is 0 Å². The highest BCUT2D eigenvalue weighted by Crippen LogP contribution is 2.37. The molecule has 1 fully saturated rings. The van der Waals surface area contributed by atoms with Crippen LogP contribution in [0.5, 0.6) is 5.75 Å². The van der Waals surface area contributed by atoms with E-state index in [9.17, 15) is 19.7 Å². The maximum Gasteiger partial charge on any atom is 0.269 e. The second-order valence-electron chi connectivity index (χ2n) is 7.47. The third-order valence-corrected chi connectivity index (χ3v) is 5.59. The summed E-state index contributed by atoms with van der Waals surface area (Å²) in [4.78, 5) is 36.3.